The van der Waals surface area contributed by atoms with E-state index in [0.29, 0.717) is 11.9 Å². The van der Waals surface area contributed by atoms with Crippen LogP contribution in [0.2, 0.25) is 0 Å². The number of pyridine rings is 1. The van der Waals surface area contributed by atoms with Crippen LogP contribution in [0.4, 0.5) is 0 Å². The number of imidazole rings is 1. The van der Waals surface area contributed by atoms with Crippen molar-refractivity contribution in [3.05, 3.63) is 30.7 Å². The maximum Gasteiger partial charge on any atom is 0.205 e. The molecule has 0 bridgehead atoms. The molecule has 3 aromatic rings. The van der Waals surface area contributed by atoms with Gasteiger partial charge in [0.25, 0.3) is 0 Å². The number of tetrazole rings is 1. The van der Waals surface area contributed by atoms with Gasteiger partial charge in [0.1, 0.15) is 5.65 Å². The first-order chi connectivity index (χ1) is 8.40. The fourth-order valence-corrected chi connectivity index (χ4v) is 1.85. The fraction of sp³-hybridized carbons (Fsp3) is 0.273. The zero-order chi connectivity index (χ0) is 11.2. The average molecular weight is 226 g/mol. The number of aromatic nitrogens is 6. The molecule has 0 saturated heterocycles. The lowest BCUT2D eigenvalue weighted by atomic mass is 10.2. The van der Waals surface area contributed by atoms with Crippen LogP contribution < -0.4 is 0 Å². The van der Waals surface area contributed by atoms with Crippen molar-refractivity contribution in [2.75, 3.05) is 0 Å². The van der Waals surface area contributed by atoms with Gasteiger partial charge in [0, 0.05) is 24.2 Å². The van der Waals surface area contributed by atoms with Crippen LogP contribution in [-0.4, -0.2) is 29.6 Å². The number of hydrogen-bond acceptors (Lipinski definition) is 4. The van der Waals surface area contributed by atoms with Crippen molar-refractivity contribution < 1.29 is 0 Å². The molecule has 0 spiro atoms. The standard InChI is InChI=1S/C11H10N6/c1-2-9(1)17-14-11(13-15-17)8-3-5-16-6-4-12-10(16)7-8/h3-7,9H,1-2H2. The van der Waals surface area contributed by atoms with Crippen molar-refractivity contribution in [3.63, 3.8) is 0 Å². The monoisotopic (exact) mass is 226 g/mol. The molecule has 1 fully saturated rings. The summed E-state index contributed by atoms with van der Waals surface area (Å²) in [6.07, 6.45) is 7.96. The van der Waals surface area contributed by atoms with Crippen LogP contribution in [0.25, 0.3) is 17.0 Å². The van der Waals surface area contributed by atoms with Crippen molar-refractivity contribution in [3.8, 4) is 11.4 Å². The van der Waals surface area contributed by atoms with Crippen LogP contribution in [-0.2, 0) is 0 Å². The van der Waals surface area contributed by atoms with Crippen LogP contribution in [0.15, 0.2) is 30.7 Å². The minimum atomic E-state index is 0.464. The Kier molecular flexibility index (Phi) is 1.63. The third-order valence-electron chi connectivity index (χ3n) is 2.96. The summed E-state index contributed by atoms with van der Waals surface area (Å²) < 4.78 is 1.95. The lowest BCUT2D eigenvalue weighted by Crippen LogP contribution is -1.98. The van der Waals surface area contributed by atoms with Gasteiger partial charge in [-0.1, -0.05) is 0 Å². The Hall–Kier alpha value is -2.24. The molecule has 84 valence electrons. The quantitative estimate of drug-likeness (QED) is 0.661. The SMILES string of the molecule is c1cn2ccc(-c3nnn(C4CC4)n3)cc2n1. The first-order valence-electron chi connectivity index (χ1n) is 5.63. The highest BCUT2D eigenvalue weighted by Gasteiger charge is 2.26. The van der Waals surface area contributed by atoms with Gasteiger partial charge in [0.05, 0.1) is 6.04 Å². The highest BCUT2D eigenvalue weighted by atomic mass is 15.6. The van der Waals surface area contributed by atoms with E-state index in [0.717, 1.165) is 24.1 Å². The predicted molar refractivity (Wildman–Crippen MR) is 60.3 cm³/mol. The summed E-state index contributed by atoms with van der Waals surface area (Å²) >= 11 is 0. The minimum Gasteiger partial charge on any atom is -0.307 e. The summed E-state index contributed by atoms with van der Waals surface area (Å²) in [5.41, 5.74) is 1.85. The van der Waals surface area contributed by atoms with Crippen molar-refractivity contribution in [2.45, 2.75) is 18.9 Å². The number of rotatable bonds is 2. The molecule has 0 atom stereocenters. The summed E-state index contributed by atoms with van der Waals surface area (Å²) in [4.78, 5) is 5.95. The fourth-order valence-electron chi connectivity index (χ4n) is 1.85. The Balaban J connectivity index is 1.80. The molecule has 0 N–H and O–H groups in total. The van der Waals surface area contributed by atoms with Gasteiger partial charge in [0.2, 0.25) is 5.82 Å². The lowest BCUT2D eigenvalue weighted by molar-refractivity contribution is 0.537. The van der Waals surface area contributed by atoms with Crippen molar-refractivity contribution in [1.82, 2.24) is 29.6 Å². The molecule has 6 heteroatoms. The molecule has 3 heterocycles. The summed E-state index contributed by atoms with van der Waals surface area (Å²) in [6, 6.07) is 4.41. The Morgan fingerprint density at radius 1 is 1.24 bits per heavy atom. The number of fused-ring (bicyclic) bond motifs is 1. The maximum atomic E-state index is 4.39. The Morgan fingerprint density at radius 2 is 2.18 bits per heavy atom. The predicted octanol–water partition coefficient (Wildman–Crippen LogP) is 1.32. The van der Waals surface area contributed by atoms with E-state index >= 15 is 0 Å². The van der Waals surface area contributed by atoms with Crippen molar-refractivity contribution in [2.24, 2.45) is 0 Å². The molecule has 0 radical (unpaired) electrons. The van der Waals surface area contributed by atoms with Crippen LogP contribution in [0.5, 0.6) is 0 Å². The topological polar surface area (TPSA) is 60.9 Å². The Labute approximate surface area is 96.9 Å². The first kappa shape index (κ1) is 8.86. The molecule has 4 rings (SSSR count). The average Bonchev–Trinajstić information content (AvgIpc) is 2.93. The third kappa shape index (κ3) is 1.41. The van der Waals surface area contributed by atoms with E-state index in [2.05, 4.69) is 20.4 Å². The molecule has 1 saturated carbocycles. The zero-order valence-electron chi connectivity index (χ0n) is 9.06. The second kappa shape index (κ2) is 3.13. The molecule has 0 unspecified atom stereocenters. The van der Waals surface area contributed by atoms with Gasteiger partial charge in [-0.15, -0.1) is 10.2 Å². The lowest BCUT2D eigenvalue weighted by Gasteiger charge is -1.96. The molecule has 0 amide bonds. The van der Waals surface area contributed by atoms with Crippen LogP contribution >= 0.6 is 0 Å². The maximum absolute atomic E-state index is 4.39. The highest BCUT2D eigenvalue weighted by Crippen LogP contribution is 2.33. The molecule has 0 aromatic carbocycles. The largest absolute Gasteiger partial charge is 0.307 e. The third-order valence-corrected chi connectivity index (χ3v) is 2.96. The van der Waals surface area contributed by atoms with Crippen molar-refractivity contribution >= 4 is 5.65 Å². The van der Waals surface area contributed by atoms with E-state index in [1.807, 2.05) is 28.9 Å². The minimum absolute atomic E-state index is 0.464. The van der Waals surface area contributed by atoms with Gasteiger partial charge >= 0.3 is 0 Å². The zero-order valence-corrected chi connectivity index (χ0v) is 9.06. The summed E-state index contributed by atoms with van der Waals surface area (Å²) in [5, 5.41) is 12.5. The first-order valence-corrected chi connectivity index (χ1v) is 5.63. The number of hydrogen-bond donors (Lipinski definition) is 0. The van der Waals surface area contributed by atoms with Crippen LogP contribution in [0.3, 0.4) is 0 Å². The molecule has 0 aliphatic heterocycles. The summed E-state index contributed by atoms with van der Waals surface area (Å²) in [5.74, 6) is 0.669. The molecule has 17 heavy (non-hydrogen) atoms. The van der Waals surface area contributed by atoms with Gasteiger partial charge in [0.15, 0.2) is 0 Å². The van der Waals surface area contributed by atoms with Gasteiger partial charge in [-0.2, -0.15) is 4.80 Å². The smallest absolute Gasteiger partial charge is 0.205 e. The van der Waals surface area contributed by atoms with E-state index in [9.17, 15) is 0 Å². The van der Waals surface area contributed by atoms with Crippen molar-refractivity contribution in [1.29, 1.82) is 0 Å². The van der Waals surface area contributed by atoms with E-state index in [1.54, 1.807) is 11.0 Å². The van der Waals surface area contributed by atoms with Gasteiger partial charge in [-0.05, 0) is 30.2 Å². The normalized spacial score (nSPS) is 15.5. The van der Waals surface area contributed by atoms with Crippen LogP contribution in [0, 0.1) is 0 Å². The molecular formula is C11H10N6. The number of nitrogens with zero attached hydrogens (tertiary/aromatic N) is 6. The molecule has 1 aliphatic rings. The van der Waals surface area contributed by atoms with E-state index in [-0.39, 0.29) is 0 Å². The Morgan fingerprint density at radius 3 is 3.06 bits per heavy atom. The van der Waals surface area contributed by atoms with Gasteiger partial charge in [-0.3, -0.25) is 0 Å². The molecule has 6 nitrogen and oxygen atoms in total. The summed E-state index contributed by atoms with van der Waals surface area (Å²) in [6.45, 7) is 0. The highest BCUT2D eigenvalue weighted by molar-refractivity contribution is 5.60. The van der Waals surface area contributed by atoms with Crippen LogP contribution in [0.1, 0.15) is 18.9 Å². The molecule has 3 aromatic heterocycles. The second-order valence-electron chi connectivity index (χ2n) is 4.27. The molecular weight excluding hydrogens is 216 g/mol. The van der Waals surface area contributed by atoms with E-state index < -0.39 is 0 Å². The van der Waals surface area contributed by atoms with Gasteiger partial charge in [-0.25, -0.2) is 4.98 Å². The van der Waals surface area contributed by atoms with E-state index in [1.165, 1.54) is 0 Å². The second-order valence-corrected chi connectivity index (χ2v) is 4.27. The van der Waals surface area contributed by atoms with Gasteiger partial charge < -0.3 is 4.40 Å². The summed E-state index contributed by atoms with van der Waals surface area (Å²) in [7, 11) is 0. The molecule has 1 aliphatic carbocycles. The van der Waals surface area contributed by atoms with E-state index in [4.69, 9.17) is 0 Å². The Bertz CT molecular complexity index is 678.